The second kappa shape index (κ2) is 5.73. The molecule has 1 aliphatic rings. The zero-order valence-electron chi connectivity index (χ0n) is 12.5. The van der Waals surface area contributed by atoms with E-state index in [1.54, 1.807) is 0 Å². The molecule has 0 saturated heterocycles. The lowest BCUT2D eigenvalue weighted by Gasteiger charge is -2.31. The maximum atomic E-state index is 11.4. The van der Waals surface area contributed by atoms with E-state index in [9.17, 15) is 4.79 Å². The fourth-order valence-corrected chi connectivity index (χ4v) is 3.94. The Balaban J connectivity index is 1.47. The van der Waals surface area contributed by atoms with Crippen LogP contribution in [0.3, 0.4) is 0 Å². The Bertz CT molecular complexity index is 851. The number of carbonyl (C=O) groups excluding carboxylic acids is 1. The van der Waals surface area contributed by atoms with Gasteiger partial charge >= 0.3 is 5.97 Å². The number of thioether (sulfide) groups is 1. The van der Waals surface area contributed by atoms with Gasteiger partial charge in [0.05, 0.1) is 18.6 Å². The maximum absolute atomic E-state index is 11.4. The van der Waals surface area contributed by atoms with Crippen LogP contribution in [-0.2, 0) is 9.53 Å². The van der Waals surface area contributed by atoms with Gasteiger partial charge in [-0.2, -0.15) is 0 Å². The smallest absolute Gasteiger partial charge is 0.308 e. The van der Waals surface area contributed by atoms with E-state index in [1.807, 2.05) is 30.5 Å². The molecule has 3 aromatic rings. The average Bonchev–Trinajstić information content (AvgIpc) is 3.16. The SMILES string of the molecule is COC(=O)C1CC(Sc2nnc(-c3c[nH]c4ccccc34)o2)C1. The molecule has 118 valence electrons. The van der Waals surface area contributed by atoms with E-state index in [0.717, 1.165) is 29.3 Å². The quantitative estimate of drug-likeness (QED) is 0.740. The Morgan fingerprint density at radius 1 is 1.35 bits per heavy atom. The van der Waals surface area contributed by atoms with Crippen molar-refractivity contribution in [3.05, 3.63) is 30.5 Å². The van der Waals surface area contributed by atoms with Crippen LogP contribution in [-0.4, -0.2) is 33.5 Å². The number of hydrogen-bond acceptors (Lipinski definition) is 6. The summed E-state index contributed by atoms with van der Waals surface area (Å²) in [7, 11) is 1.42. The van der Waals surface area contributed by atoms with E-state index in [1.165, 1.54) is 18.9 Å². The Hall–Kier alpha value is -2.28. The molecule has 1 N–H and O–H groups in total. The number of nitrogens with zero attached hydrogens (tertiary/aromatic N) is 2. The molecule has 0 unspecified atom stereocenters. The Morgan fingerprint density at radius 3 is 3.00 bits per heavy atom. The van der Waals surface area contributed by atoms with Crippen molar-refractivity contribution in [2.75, 3.05) is 7.11 Å². The Kier molecular flexibility index (Phi) is 3.57. The number of hydrogen-bond donors (Lipinski definition) is 1. The molecule has 0 aliphatic heterocycles. The van der Waals surface area contributed by atoms with Crippen LogP contribution >= 0.6 is 11.8 Å². The third kappa shape index (κ3) is 2.61. The largest absolute Gasteiger partial charge is 0.469 e. The zero-order valence-corrected chi connectivity index (χ0v) is 13.3. The number of esters is 1. The summed E-state index contributed by atoms with van der Waals surface area (Å²) in [5, 5.41) is 10.2. The van der Waals surface area contributed by atoms with E-state index < -0.39 is 0 Å². The minimum absolute atomic E-state index is 0.00788. The van der Waals surface area contributed by atoms with E-state index in [2.05, 4.69) is 15.2 Å². The van der Waals surface area contributed by atoms with E-state index in [0.29, 0.717) is 16.4 Å². The standard InChI is InChI=1S/C16H15N3O3S/c1-21-15(20)9-6-10(7-9)23-16-19-18-14(22-16)12-8-17-13-5-3-2-4-11(12)13/h2-5,8-10,17H,6-7H2,1H3. The van der Waals surface area contributed by atoms with Crippen LogP contribution in [0.1, 0.15) is 12.8 Å². The molecule has 0 atom stereocenters. The minimum Gasteiger partial charge on any atom is -0.469 e. The summed E-state index contributed by atoms with van der Waals surface area (Å²) >= 11 is 1.53. The summed E-state index contributed by atoms with van der Waals surface area (Å²) in [6.07, 6.45) is 3.47. The number of methoxy groups -OCH3 is 1. The summed E-state index contributed by atoms with van der Waals surface area (Å²) in [6.45, 7) is 0. The van der Waals surface area contributed by atoms with Gasteiger partial charge in [-0.05, 0) is 18.9 Å². The van der Waals surface area contributed by atoms with Gasteiger partial charge in [0.25, 0.3) is 11.1 Å². The predicted octanol–water partition coefficient (Wildman–Crippen LogP) is 3.26. The maximum Gasteiger partial charge on any atom is 0.308 e. The van der Waals surface area contributed by atoms with Gasteiger partial charge in [0.2, 0.25) is 0 Å². The van der Waals surface area contributed by atoms with Gasteiger partial charge in [-0.15, -0.1) is 10.2 Å². The molecular weight excluding hydrogens is 314 g/mol. The van der Waals surface area contributed by atoms with Gasteiger partial charge < -0.3 is 14.1 Å². The van der Waals surface area contributed by atoms with Crippen molar-refractivity contribution in [2.45, 2.75) is 23.3 Å². The van der Waals surface area contributed by atoms with Crippen molar-refractivity contribution in [1.82, 2.24) is 15.2 Å². The van der Waals surface area contributed by atoms with Crippen LogP contribution < -0.4 is 0 Å². The van der Waals surface area contributed by atoms with Gasteiger partial charge in [-0.3, -0.25) is 4.79 Å². The molecule has 1 aliphatic carbocycles. The zero-order chi connectivity index (χ0) is 15.8. The van der Waals surface area contributed by atoms with Gasteiger partial charge in [0.1, 0.15) is 0 Å². The third-order valence-electron chi connectivity index (χ3n) is 4.12. The normalized spacial score (nSPS) is 20.4. The number of H-pyrrole nitrogens is 1. The lowest BCUT2D eigenvalue weighted by Crippen LogP contribution is -2.33. The van der Waals surface area contributed by atoms with Crippen molar-refractivity contribution < 1.29 is 13.9 Å². The topological polar surface area (TPSA) is 81.0 Å². The van der Waals surface area contributed by atoms with Gasteiger partial charge in [-0.1, -0.05) is 30.0 Å². The number of benzene rings is 1. The van der Waals surface area contributed by atoms with E-state index in [4.69, 9.17) is 9.15 Å². The molecule has 4 rings (SSSR count). The molecule has 1 saturated carbocycles. The fraction of sp³-hybridized carbons (Fsp3) is 0.312. The van der Waals surface area contributed by atoms with E-state index >= 15 is 0 Å². The van der Waals surface area contributed by atoms with Crippen molar-refractivity contribution in [3.8, 4) is 11.5 Å². The second-order valence-corrected chi connectivity index (χ2v) is 6.80. The molecule has 1 fully saturated rings. The summed E-state index contributed by atoms with van der Waals surface area (Å²) < 4.78 is 10.5. The van der Waals surface area contributed by atoms with E-state index in [-0.39, 0.29) is 11.9 Å². The Labute approximate surface area is 136 Å². The molecule has 7 heteroatoms. The van der Waals surface area contributed by atoms with Crippen molar-refractivity contribution in [2.24, 2.45) is 5.92 Å². The first-order valence-corrected chi connectivity index (χ1v) is 8.27. The number of nitrogens with one attached hydrogen (secondary N) is 1. The molecule has 23 heavy (non-hydrogen) atoms. The number of para-hydroxylation sites is 1. The van der Waals surface area contributed by atoms with Gasteiger partial charge in [0, 0.05) is 22.3 Å². The molecule has 0 bridgehead atoms. The lowest BCUT2D eigenvalue weighted by atomic mass is 9.85. The first kappa shape index (κ1) is 14.3. The molecule has 2 heterocycles. The van der Waals surface area contributed by atoms with Crippen LogP contribution in [0.2, 0.25) is 0 Å². The van der Waals surface area contributed by atoms with Gasteiger partial charge in [0.15, 0.2) is 0 Å². The molecule has 1 aromatic carbocycles. The molecule has 0 spiro atoms. The summed E-state index contributed by atoms with van der Waals surface area (Å²) in [5.41, 5.74) is 1.94. The number of aromatic amines is 1. The fourth-order valence-electron chi connectivity index (χ4n) is 2.78. The van der Waals surface area contributed by atoms with Crippen LogP contribution in [0.25, 0.3) is 22.4 Å². The van der Waals surface area contributed by atoms with Crippen molar-refractivity contribution >= 4 is 28.6 Å². The first-order chi connectivity index (χ1) is 11.2. The first-order valence-electron chi connectivity index (χ1n) is 7.39. The van der Waals surface area contributed by atoms with Crippen LogP contribution in [0.15, 0.2) is 40.1 Å². The Morgan fingerprint density at radius 2 is 2.17 bits per heavy atom. The highest BCUT2D eigenvalue weighted by atomic mass is 32.2. The molecule has 0 amide bonds. The number of carbonyl (C=O) groups is 1. The van der Waals surface area contributed by atoms with Crippen molar-refractivity contribution in [1.29, 1.82) is 0 Å². The lowest BCUT2D eigenvalue weighted by molar-refractivity contribution is -0.148. The third-order valence-corrected chi connectivity index (χ3v) is 5.21. The van der Waals surface area contributed by atoms with Crippen molar-refractivity contribution in [3.63, 3.8) is 0 Å². The van der Waals surface area contributed by atoms with Crippen LogP contribution in [0.4, 0.5) is 0 Å². The van der Waals surface area contributed by atoms with Crippen LogP contribution in [0.5, 0.6) is 0 Å². The monoisotopic (exact) mass is 329 g/mol. The molecule has 6 nitrogen and oxygen atoms in total. The summed E-state index contributed by atoms with van der Waals surface area (Å²) in [6, 6.07) is 7.98. The molecule has 2 aromatic heterocycles. The predicted molar refractivity (Wildman–Crippen MR) is 86.0 cm³/mol. The average molecular weight is 329 g/mol. The van der Waals surface area contributed by atoms with Gasteiger partial charge in [-0.25, -0.2) is 0 Å². The highest BCUT2D eigenvalue weighted by Crippen LogP contribution is 2.41. The second-order valence-electron chi connectivity index (χ2n) is 5.55. The van der Waals surface area contributed by atoms with Crippen LogP contribution in [0, 0.1) is 5.92 Å². The highest BCUT2D eigenvalue weighted by molar-refractivity contribution is 7.99. The number of fused-ring (bicyclic) bond motifs is 1. The summed E-state index contributed by atoms with van der Waals surface area (Å²) in [5.74, 6) is 0.383. The number of ether oxygens (including phenoxy) is 1. The highest BCUT2D eigenvalue weighted by Gasteiger charge is 2.37. The minimum atomic E-state index is -0.133. The molecular formula is C16H15N3O3S. The number of aromatic nitrogens is 3. The summed E-state index contributed by atoms with van der Waals surface area (Å²) in [4.78, 5) is 14.6. The number of rotatable bonds is 4. The molecule has 0 radical (unpaired) electrons.